The Bertz CT molecular complexity index is 439. The van der Waals surface area contributed by atoms with Gasteiger partial charge in [0.25, 0.3) is 0 Å². The minimum Gasteiger partial charge on any atom is -0.481 e. The molecule has 2 bridgehead atoms. The highest BCUT2D eigenvalue weighted by atomic mass is 16.4. The van der Waals surface area contributed by atoms with E-state index >= 15 is 0 Å². The first-order chi connectivity index (χ1) is 10.2. The van der Waals surface area contributed by atoms with E-state index in [4.69, 9.17) is 0 Å². The molecular weight excluding hydrogens is 266 g/mol. The molecule has 0 heterocycles. The molecule has 4 heteroatoms. The van der Waals surface area contributed by atoms with E-state index in [1.54, 1.807) is 0 Å². The lowest BCUT2D eigenvalue weighted by atomic mass is 9.62. The Morgan fingerprint density at radius 3 is 2.14 bits per heavy atom. The van der Waals surface area contributed by atoms with Crippen LogP contribution in [0.2, 0.25) is 0 Å². The van der Waals surface area contributed by atoms with Gasteiger partial charge in [0, 0.05) is 6.54 Å². The van der Waals surface area contributed by atoms with Crippen molar-refractivity contribution in [3.05, 3.63) is 12.2 Å². The van der Waals surface area contributed by atoms with Crippen LogP contribution in [0.5, 0.6) is 0 Å². The Labute approximate surface area is 126 Å². The monoisotopic (exact) mass is 291 g/mol. The number of carboxylic acid groups (broad SMARTS) is 1. The van der Waals surface area contributed by atoms with E-state index < -0.39 is 11.9 Å². The van der Waals surface area contributed by atoms with Crippen molar-refractivity contribution in [1.82, 2.24) is 5.32 Å². The van der Waals surface area contributed by atoms with Crippen molar-refractivity contribution in [1.29, 1.82) is 0 Å². The molecule has 2 fully saturated rings. The number of allylic oxidation sites excluding steroid dienone is 2. The molecule has 0 spiro atoms. The molecule has 0 aromatic heterocycles. The van der Waals surface area contributed by atoms with Crippen LogP contribution in [0.1, 0.15) is 44.9 Å². The van der Waals surface area contributed by atoms with E-state index in [0.717, 1.165) is 19.4 Å². The second-order valence-corrected chi connectivity index (χ2v) is 6.93. The van der Waals surface area contributed by atoms with Crippen LogP contribution in [0, 0.1) is 29.6 Å². The predicted octanol–water partition coefficient (Wildman–Crippen LogP) is 2.60. The van der Waals surface area contributed by atoms with Gasteiger partial charge in [-0.3, -0.25) is 9.59 Å². The molecule has 4 atom stereocenters. The van der Waals surface area contributed by atoms with Gasteiger partial charge in [0.1, 0.15) is 0 Å². The van der Waals surface area contributed by atoms with E-state index in [9.17, 15) is 14.7 Å². The largest absolute Gasteiger partial charge is 0.481 e. The van der Waals surface area contributed by atoms with Gasteiger partial charge in [-0.25, -0.2) is 0 Å². The maximum absolute atomic E-state index is 12.5. The zero-order valence-electron chi connectivity index (χ0n) is 12.5. The maximum Gasteiger partial charge on any atom is 0.307 e. The van der Waals surface area contributed by atoms with E-state index in [1.807, 2.05) is 6.08 Å². The molecule has 1 amide bonds. The Kier molecular flexibility index (Phi) is 4.32. The fraction of sp³-hybridized carbons (Fsp3) is 0.765. The molecule has 2 N–H and O–H groups in total. The summed E-state index contributed by atoms with van der Waals surface area (Å²) >= 11 is 0. The summed E-state index contributed by atoms with van der Waals surface area (Å²) in [5, 5.41) is 12.5. The lowest BCUT2D eigenvalue weighted by molar-refractivity contribution is -0.153. The number of hydrogen-bond acceptors (Lipinski definition) is 2. The minimum absolute atomic E-state index is 0.0352. The molecule has 0 saturated heterocycles. The summed E-state index contributed by atoms with van der Waals surface area (Å²) in [6.07, 6.45) is 12.2. The Balaban J connectivity index is 1.62. The van der Waals surface area contributed by atoms with Crippen molar-refractivity contribution in [3.8, 4) is 0 Å². The summed E-state index contributed by atoms with van der Waals surface area (Å²) in [5.74, 6) is -1.00. The molecule has 0 aliphatic heterocycles. The fourth-order valence-electron chi connectivity index (χ4n) is 4.44. The molecule has 21 heavy (non-hydrogen) atoms. The van der Waals surface area contributed by atoms with Crippen molar-refractivity contribution in [2.24, 2.45) is 29.6 Å². The first-order valence-corrected chi connectivity index (χ1v) is 8.35. The summed E-state index contributed by atoms with van der Waals surface area (Å²) in [6, 6.07) is 0. The van der Waals surface area contributed by atoms with Crippen LogP contribution >= 0.6 is 0 Å². The average Bonchev–Trinajstić information content (AvgIpc) is 2.53. The van der Waals surface area contributed by atoms with Gasteiger partial charge in [-0.1, -0.05) is 31.4 Å². The summed E-state index contributed by atoms with van der Waals surface area (Å²) in [4.78, 5) is 24.1. The zero-order valence-corrected chi connectivity index (χ0v) is 12.5. The number of rotatable bonds is 4. The fourth-order valence-corrected chi connectivity index (χ4v) is 4.44. The number of carboxylic acids is 1. The Morgan fingerprint density at radius 1 is 0.952 bits per heavy atom. The second kappa shape index (κ2) is 6.20. The van der Waals surface area contributed by atoms with E-state index in [2.05, 4.69) is 11.4 Å². The van der Waals surface area contributed by atoms with E-state index in [0.29, 0.717) is 5.92 Å². The molecule has 116 valence electrons. The number of nitrogens with one attached hydrogen (secondary N) is 1. The molecule has 4 aliphatic carbocycles. The quantitative estimate of drug-likeness (QED) is 0.782. The van der Waals surface area contributed by atoms with Crippen molar-refractivity contribution < 1.29 is 14.7 Å². The van der Waals surface area contributed by atoms with Gasteiger partial charge in [-0.05, 0) is 43.4 Å². The Morgan fingerprint density at radius 2 is 1.57 bits per heavy atom. The van der Waals surface area contributed by atoms with Gasteiger partial charge in [0.2, 0.25) is 5.91 Å². The van der Waals surface area contributed by atoms with Crippen LogP contribution in [0.4, 0.5) is 0 Å². The van der Waals surface area contributed by atoms with Crippen molar-refractivity contribution in [2.75, 3.05) is 6.54 Å². The second-order valence-electron chi connectivity index (χ2n) is 6.93. The molecule has 0 unspecified atom stereocenters. The van der Waals surface area contributed by atoms with Crippen molar-refractivity contribution in [2.45, 2.75) is 44.9 Å². The van der Waals surface area contributed by atoms with Crippen LogP contribution in [-0.4, -0.2) is 23.5 Å². The van der Waals surface area contributed by atoms with E-state index in [-0.39, 0.29) is 23.7 Å². The van der Waals surface area contributed by atoms with Gasteiger partial charge in [0.15, 0.2) is 0 Å². The molecule has 0 aromatic carbocycles. The molecule has 2 saturated carbocycles. The molecule has 0 radical (unpaired) electrons. The highest BCUT2D eigenvalue weighted by molar-refractivity contribution is 5.86. The first-order valence-electron chi connectivity index (χ1n) is 8.35. The molecule has 4 aliphatic rings. The number of carbonyl (C=O) groups is 2. The normalized spacial score (nSPS) is 35.6. The SMILES string of the molecule is O=C(O)[C@H]1[C@H](C(=O)NCC2CCCCC2)[C@H]2C=C[C@H]1CC2. The predicted molar refractivity (Wildman–Crippen MR) is 79.6 cm³/mol. The number of hydrogen-bond donors (Lipinski definition) is 2. The third-order valence-corrected chi connectivity index (χ3v) is 5.63. The first kappa shape index (κ1) is 14.6. The third kappa shape index (κ3) is 2.99. The summed E-state index contributed by atoms with van der Waals surface area (Å²) < 4.78 is 0. The number of fused-ring (bicyclic) bond motifs is 2. The third-order valence-electron chi connectivity index (χ3n) is 5.63. The lowest BCUT2D eigenvalue weighted by Crippen LogP contribution is -2.49. The molecule has 4 nitrogen and oxygen atoms in total. The van der Waals surface area contributed by atoms with Gasteiger partial charge >= 0.3 is 5.97 Å². The Hall–Kier alpha value is -1.32. The molecular formula is C17H25NO3. The standard InChI is InChI=1S/C17H25NO3/c19-16(18-10-11-4-2-1-3-5-11)14-12-6-8-13(9-7-12)15(14)17(20)21/h6,8,11-15H,1-5,7,9-10H2,(H,18,19)(H,20,21)/t12-,13-,14+,15+/m0/s1. The molecule has 4 rings (SSSR count). The van der Waals surface area contributed by atoms with Crippen LogP contribution in [0.15, 0.2) is 12.2 Å². The van der Waals surface area contributed by atoms with E-state index in [1.165, 1.54) is 32.1 Å². The summed E-state index contributed by atoms with van der Waals surface area (Å²) in [5.41, 5.74) is 0. The van der Waals surface area contributed by atoms with Crippen LogP contribution in [-0.2, 0) is 9.59 Å². The summed E-state index contributed by atoms with van der Waals surface area (Å²) in [7, 11) is 0. The number of aliphatic carboxylic acids is 1. The summed E-state index contributed by atoms with van der Waals surface area (Å²) in [6.45, 7) is 0.725. The van der Waals surface area contributed by atoms with Gasteiger partial charge in [-0.15, -0.1) is 0 Å². The van der Waals surface area contributed by atoms with Crippen LogP contribution < -0.4 is 5.32 Å². The number of carbonyl (C=O) groups excluding carboxylic acids is 1. The van der Waals surface area contributed by atoms with Crippen LogP contribution in [0.3, 0.4) is 0 Å². The maximum atomic E-state index is 12.5. The smallest absolute Gasteiger partial charge is 0.307 e. The zero-order chi connectivity index (χ0) is 14.8. The topological polar surface area (TPSA) is 66.4 Å². The lowest BCUT2D eigenvalue weighted by Gasteiger charge is -2.42. The van der Waals surface area contributed by atoms with Gasteiger partial charge in [0.05, 0.1) is 11.8 Å². The van der Waals surface area contributed by atoms with Crippen LogP contribution in [0.25, 0.3) is 0 Å². The number of amides is 1. The molecule has 0 aromatic rings. The van der Waals surface area contributed by atoms with Gasteiger partial charge < -0.3 is 10.4 Å². The highest BCUT2D eigenvalue weighted by Gasteiger charge is 2.48. The highest BCUT2D eigenvalue weighted by Crippen LogP contribution is 2.45. The van der Waals surface area contributed by atoms with Crippen molar-refractivity contribution in [3.63, 3.8) is 0 Å². The van der Waals surface area contributed by atoms with Gasteiger partial charge in [-0.2, -0.15) is 0 Å². The minimum atomic E-state index is -0.813. The average molecular weight is 291 g/mol. The van der Waals surface area contributed by atoms with Crippen molar-refractivity contribution >= 4 is 11.9 Å².